The average Bonchev–Trinajstić information content (AvgIpc) is 3.27. The molecule has 0 spiro atoms. The summed E-state index contributed by atoms with van der Waals surface area (Å²) >= 11 is 0. The van der Waals surface area contributed by atoms with E-state index in [0.29, 0.717) is 6.61 Å². The second-order valence-electron chi connectivity index (χ2n) is 5.73. The van der Waals surface area contributed by atoms with Crippen LogP contribution in [0.1, 0.15) is 17.7 Å². The van der Waals surface area contributed by atoms with Crippen LogP contribution in [-0.4, -0.2) is 30.5 Å². The molecule has 0 atom stereocenters. The van der Waals surface area contributed by atoms with Crippen LogP contribution in [0.3, 0.4) is 0 Å². The third-order valence-electron chi connectivity index (χ3n) is 3.85. The molecule has 0 bridgehead atoms. The van der Waals surface area contributed by atoms with Crippen LogP contribution in [0.25, 0.3) is 11.5 Å². The number of hydrogen-bond acceptors (Lipinski definition) is 5. The molecule has 0 aliphatic carbocycles. The van der Waals surface area contributed by atoms with Gasteiger partial charge in [0.25, 0.3) is 0 Å². The highest BCUT2D eigenvalue weighted by atomic mass is 16.5. The van der Waals surface area contributed by atoms with Crippen molar-refractivity contribution in [3.63, 3.8) is 0 Å². The van der Waals surface area contributed by atoms with Crippen LogP contribution in [0.4, 0.5) is 0 Å². The normalized spacial score (nSPS) is 10.8. The van der Waals surface area contributed by atoms with Gasteiger partial charge in [-0.05, 0) is 56.3 Å². The number of hydrogen-bond donors (Lipinski definition) is 2. The number of furan rings is 1. The highest BCUT2D eigenvalue weighted by Crippen LogP contribution is 2.23. The van der Waals surface area contributed by atoms with Crippen molar-refractivity contribution in [1.29, 1.82) is 0 Å². The molecule has 0 radical (unpaired) electrons. The van der Waals surface area contributed by atoms with Gasteiger partial charge in [-0.2, -0.15) is 5.10 Å². The van der Waals surface area contributed by atoms with Gasteiger partial charge in [-0.25, -0.2) is 0 Å². The number of aromatic nitrogens is 2. The van der Waals surface area contributed by atoms with Crippen molar-refractivity contribution in [2.24, 2.45) is 0 Å². The summed E-state index contributed by atoms with van der Waals surface area (Å²) in [5, 5.41) is 10.5. The molecule has 2 heterocycles. The Kier molecular flexibility index (Phi) is 5.74. The van der Waals surface area contributed by atoms with Crippen LogP contribution in [0.5, 0.6) is 11.5 Å². The third-order valence-corrected chi connectivity index (χ3v) is 3.85. The Morgan fingerprint density at radius 3 is 2.64 bits per heavy atom. The number of nitrogens with one attached hydrogen (secondary N) is 2. The smallest absolute Gasteiger partial charge is 0.152 e. The van der Waals surface area contributed by atoms with E-state index in [4.69, 9.17) is 13.9 Å². The Morgan fingerprint density at radius 2 is 1.92 bits per heavy atom. The Bertz CT molecular complexity index is 777. The Hall–Kier alpha value is -2.73. The van der Waals surface area contributed by atoms with Gasteiger partial charge < -0.3 is 19.2 Å². The summed E-state index contributed by atoms with van der Waals surface area (Å²) in [6, 6.07) is 11.5. The minimum Gasteiger partial charge on any atom is -0.497 e. The molecule has 2 aromatic heterocycles. The zero-order chi connectivity index (χ0) is 17.5. The summed E-state index contributed by atoms with van der Waals surface area (Å²) in [5.74, 6) is 3.39. The predicted octanol–water partition coefficient (Wildman–Crippen LogP) is 3.55. The Balaban J connectivity index is 1.38. The number of aromatic amines is 1. The lowest BCUT2D eigenvalue weighted by Crippen LogP contribution is -2.17. The van der Waals surface area contributed by atoms with Gasteiger partial charge in [0.2, 0.25) is 0 Å². The average molecular weight is 341 g/mol. The highest BCUT2D eigenvalue weighted by Gasteiger charge is 2.10. The monoisotopic (exact) mass is 341 g/mol. The summed E-state index contributed by atoms with van der Waals surface area (Å²) in [4.78, 5) is 0. The maximum atomic E-state index is 5.71. The predicted molar refractivity (Wildman–Crippen MR) is 95.8 cm³/mol. The van der Waals surface area contributed by atoms with Gasteiger partial charge in [-0.1, -0.05) is 0 Å². The second kappa shape index (κ2) is 8.39. The van der Waals surface area contributed by atoms with Crippen molar-refractivity contribution in [3.8, 4) is 23.0 Å². The summed E-state index contributed by atoms with van der Waals surface area (Å²) in [6.07, 6.45) is 2.74. The molecule has 25 heavy (non-hydrogen) atoms. The van der Waals surface area contributed by atoms with Gasteiger partial charge in [0.15, 0.2) is 5.76 Å². The molecule has 0 saturated carbocycles. The second-order valence-corrected chi connectivity index (χ2v) is 5.73. The lowest BCUT2D eigenvalue weighted by molar-refractivity contribution is 0.307. The first-order valence-electron chi connectivity index (χ1n) is 8.33. The molecule has 6 heteroatoms. The maximum Gasteiger partial charge on any atom is 0.152 e. The highest BCUT2D eigenvalue weighted by molar-refractivity contribution is 5.56. The van der Waals surface area contributed by atoms with Crippen LogP contribution in [-0.2, 0) is 6.54 Å². The van der Waals surface area contributed by atoms with Crippen LogP contribution in [0, 0.1) is 6.92 Å². The first-order chi connectivity index (χ1) is 12.3. The van der Waals surface area contributed by atoms with Crippen LogP contribution in [0.2, 0.25) is 0 Å². The van der Waals surface area contributed by atoms with Crippen LogP contribution in [0.15, 0.2) is 47.0 Å². The number of benzene rings is 1. The van der Waals surface area contributed by atoms with Crippen LogP contribution >= 0.6 is 0 Å². The fourth-order valence-corrected chi connectivity index (χ4v) is 2.51. The van der Waals surface area contributed by atoms with E-state index in [1.807, 2.05) is 49.5 Å². The van der Waals surface area contributed by atoms with E-state index in [1.54, 1.807) is 7.11 Å². The van der Waals surface area contributed by atoms with Crippen molar-refractivity contribution in [2.75, 3.05) is 20.3 Å². The summed E-state index contributed by atoms with van der Waals surface area (Å²) in [6.45, 7) is 4.18. The SMILES string of the molecule is COc1ccc(OCCCNCc2cn[nH]c2-c2ccc(C)o2)cc1. The quantitative estimate of drug-likeness (QED) is 0.582. The molecule has 0 aliphatic rings. The van der Waals surface area contributed by atoms with E-state index in [1.165, 1.54) is 0 Å². The van der Waals surface area contributed by atoms with Crippen molar-refractivity contribution in [3.05, 3.63) is 53.9 Å². The number of ether oxygens (including phenoxy) is 2. The molecule has 0 unspecified atom stereocenters. The molecular formula is C19H23N3O3. The van der Waals surface area contributed by atoms with Gasteiger partial charge >= 0.3 is 0 Å². The van der Waals surface area contributed by atoms with E-state index < -0.39 is 0 Å². The summed E-state index contributed by atoms with van der Waals surface area (Å²) < 4.78 is 16.5. The summed E-state index contributed by atoms with van der Waals surface area (Å²) in [7, 11) is 1.65. The Morgan fingerprint density at radius 1 is 1.12 bits per heavy atom. The fraction of sp³-hybridized carbons (Fsp3) is 0.316. The van der Waals surface area contributed by atoms with Gasteiger partial charge in [-0.3, -0.25) is 5.10 Å². The largest absolute Gasteiger partial charge is 0.497 e. The molecule has 0 aliphatic heterocycles. The summed E-state index contributed by atoms with van der Waals surface area (Å²) in [5.41, 5.74) is 2.01. The number of rotatable bonds is 9. The van der Waals surface area contributed by atoms with Crippen molar-refractivity contribution in [2.45, 2.75) is 19.9 Å². The lowest BCUT2D eigenvalue weighted by Gasteiger charge is -2.08. The maximum absolute atomic E-state index is 5.71. The molecule has 3 aromatic rings. The number of nitrogens with zero attached hydrogens (tertiary/aromatic N) is 1. The van der Waals surface area contributed by atoms with Gasteiger partial charge in [0, 0.05) is 12.1 Å². The van der Waals surface area contributed by atoms with Crippen molar-refractivity contribution < 1.29 is 13.9 Å². The molecule has 0 amide bonds. The molecule has 132 valence electrons. The zero-order valence-electron chi connectivity index (χ0n) is 14.5. The van der Waals surface area contributed by atoms with E-state index in [9.17, 15) is 0 Å². The third kappa shape index (κ3) is 4.64. The topological polar surface area (TPSA) is 72.3 Å². The van der Waals surface area contributed by atoms with E-state index in [0.717, 1.165) is 53.8 Å². The van der Waals surface area contributed by atoms with E-state index in [-0.39, 0.29) is 0 Å². The van der Waals surface area contributed by atoms with Gasteiger partial charge in [-0.15, -0.1) is 0 Å². The Labute approximate surface area is 147 Å². The first-order valence-corrected chi connectivity index (χ1v) is 8.33. The molecule has 3 rings (SSSR count). The minimum atomic E-state index is 0.662. The van der Waals surface area contributed by atoms with Crippen molar-refractivity contribution >= 4 is 0 Å². The molecule has 0 saturated heterocycles. The fourth-order valence-electron chi connectivity index (χ4n) is 2.51. The molecule has 0 fully saturated rings. The van der Waals surface area contributed by atoms with Crippen LogP contribution < -0.4 is 14.8 Å². The van der Waals surface area contributed by atoms with E-state index >= 15 is 0 Å². The lowest BCUT2D eigenvalue weighted by atomic mass is 10.2. The van der Waals surface area contributed by atoms with E-state index in [2.05, 4.69) is 15.5 Å². The zero-order valence-corrected chi connectivity index (χ0v) is 14.5. The standard InChI is InChI=1S/C19H23N3O3/c1-14-4-9-18(25-14)19-15(13-21-22-19)12-20-10-3-11-24-17-7-5-16(23-2)6-8-17/h4-9,13,20H,3,10-12H2,1-2H3,(H,21,22). The van der Waals surface area contributed by atoms with Gasteiger partial charge in [0.1, 0.15) is 23.0 Å². The number of H-pyrrole nitrogens is 1. The molecular weight excluding hydrogens is 318 g/mol. The molecule has 6 nitrogen and oxygen atoms in total. The molecule has 2 N–H and O–H groups in total. The first kappa shape index (κ1) is 17.1. The number of aryl methyl sites for hydroxylation is 1. The van der Waals surface area contributed by atoms with Gasteiger partial charge in [0.05, 0.1) is 19.9 Å². The minimum absolute atomic E-state index is 0.662. The number of methoxy groups -OCH3 is 1. The van der Waals surface area contributed by atoms with Crippen molar-refractivity contribution in [1.82, 2.24) is 15.5 Å². The molecule has 1 aromatic carbocycles.